The molecular weight excluding hydrogens is 464 g/mol. The van der Waals surface area contributed by atoms with E-state index in [1.807, 2.05) is 0 Å². The number of carboxylic acids is 1. The van der Waals surface area contributed by atoms with Crippen molar-refractivity contribution in [2.45, 2.75) is 39.0 Å². The number of cyclic esters (lactones) is 1. The van der Waals surface area contributed by atoms with Gasteiger partial charge in [-0.25, -0.2) is 9.59 Å². The summed E-state index contributed by atoms with van der Waals surface area (Å²) in [4.78, 5) is 62.4. The maximum absolute atomic E-state index is 13.1. The van der Waals surface area contributed by atoms with Crippen LogP contribution in [-0.4, -0.2) is 51.9 Å². The van der Waals surface area contributed by atoms with Gasteiger partial charge in [0.15, 0.2) is 0 Å². The highest BCUT2D eigenvalue weighted by Crippen LogP contribution is 2.57. The van der Waals surface area contributed by atoms with Gasteiger partial charge in [0, 0.05) is 24.3 Å². The molecule has 5 atom stereocenters. The third-order valence-electron chi connectivity index (χ3n) is 5.99. The molecular formula is C23H22N2O8S. The van der Waals surface area contributed by atoms with Gasteiger partial charge in [0.05, 0.1) is 28.5 Å². The first kappa shape index (κ1) is 23.6. The summed E-state index contributed by atoms with van der Waals surface area (Å²) < 4.78 is 10.9. The second kappa shape index (κ2) is 8.64. The van der Waals surface area contributed by atoms with Crippen LogP contribution in [0.2, 0.25) is 0 Å². The standard InChI is InChI=1S/C23H22N2O8S/c1-9(32-12(4)27)15-17-16(19-13-7-5-6-8-14(13)23(31)33-19)20(34-11(3)24-10(2)26)18(22(29)30)25(17)21(15)28/h5-9,15-17,19H,3H2,1-2,4H3,(H,24,26)(H,29,30). The monoisotopic (exact) mass is 486 g/mol. The zero-order chi connectivity index (χ0) is 24.9. The van der Waals surface area contributed by atoms with Gasteiger partial charge in [0.2, 0.25) is 11.8 Å². The zero-order valence-electron chi connectivity index (χ0n) is 18.6. The lowest BCUT2D eigenvalue weighted by molar-refractivity contribution is -0.173. The molecule has 0 radical (unpaired) electrons. The molecule has 3 heterocycles. The van der Waals surface area contributed by atoms with Gasteiger partial charge in [-0.15, -0.1) is 0 Å². The minimum Gasteiger partial charge on any atom is -0.477 e. The Morgan fingerprint density at radius 3 is 2.53 bits per heavy atom. The molecule has 178 valence electrons. The van der Waals surface area contributed by atoms with Gasteiger partial charge in [-0.3, -0.25) is 14.4 Å². The van der Waals surface area contributed by atoms with Crippen molar-refractivity contribution in [1.29, 1.82) is 0 Å². The van der Waals surface area contributed by atoms with Crippen LogP contribution in [0.5, 0.6) is 0 Å². The van der Waals surface area contributed by atoms with Gasteiger partial charge in [-0.2, -0.15) is 0 Å². The predicted octanol–water partition coefficient (Wildman–Crippen LogP) is 1.94. The van der Waals surface area contributed by atoms with Gasteiger partial charge in [0.25, 0.3) is 0 Å². The van der Waals surface area contributed by atoms with Crippen molar-refractivity contribution in [1.82, 2.24) is 10.2 Å². The van der Waals surface area contributed by atoms with E-state index in [1.165, 1.54) is 13.8 Å². The number of thioether (sulfide) groups is 1. The molecule has 2 amide bonds. The molecule has 5 unspecified atom stereocenters. The third kappa shape index (κ3) is 3.75. The summed E-state index contributed by atoms with van der Waals surface area (Å²) in [5.74, 6) is -5.03. The van der Waals surface area contributed by atoms with E-state index in [0.717, 1.165) is 16.7 Å². The number of fused-ring (bicyclic) bond motifs is 2. The molecule has 2 N–H and O–H groups in total. The Labute approximate surface area is 199 Å². The van der Waals surface area contributed by atoms with Crippen molar-refractivity contribution in [3.05, 3.63) is 57.6 Å². The van der Waals surface area contributed by atoms with Gasteiger partial charge >= 0.3 is 17.9 Å². The minimum atomic E-state index is -1.35. The van der Waals surface area contributed by atoms with Crippen LogP contribution in [-0.2, 0) is 28.7 Å². The van der Waals surface area contributed by atoms with Crippen LogP contribution in [0.1, 0.15) is 42.8 Å². The van der Waals surface area contributed by atoms with Crippen LogP contribution in [0.15, 0.2) is 46.5 Å². The minimum absolute atomic E-state index is 0.156. The Hall–Kier alpha value is -3.60. The molecule has 10 nitrogen and oxygen atoms in total. The largest absolute Gasteiger partial charge is 0.477 e. The summed E-state index contributed by atoms with van der Waals surface area (Å²) in [5.41, 5.74) is 0.636. The van der Waals surface area contributed by atoms with Crippen molar-refractivity contribution in [2.24, 2.45) is 11.8 Å². The number of rotatable bonds is 7. The number of amides is 2. The number of hydrogen-bond donors (Lipinski definition) is 2. The van der Waals surface area contributed by atoms with E-state index < -0.39 is 59.8 Å². The summed E-state index contributed by atoms with van der Waals surface area (Å²) in [6.07, 6.45) is -1.72. The lowest BCUT2D eigenvalue weighted by atomic mass is 9.75. The number of benzene rings is 1. The van der Waals surface area contributed by atoms with Gasteiger partial charge in [0.1, 0.15) is 17.9 Å². The normalized spacial score (nSPS) is 25.7. The second-order valence-corrected chi connectivity index (χ2v) is 9.34. The molecule has 0 saturated carbocycles. The second-order valence-electron chi connectivity index (χ2n) is 8.20. The average Bonchev–Trinajstić information content (AvgIpc) is 3.20. The highest BCUT2D eigenvalue weighted by atomic mass is 32.2. The van der Waals surface area contributed by atoms with Gasteiger partial charge < -0.3 is 24.8 Å². The molecule has 0 aromatic heterocycles. The van der Waals surface area contributed by atoms with Crippen molar-refractivity contribution >= 4 is 41.5 Å². The number of nitrogens with one attached hydrogen (secondary N) is 1. The number of carbonyl (C=O) groups is 5. The molecule has 11 heteroatoms. The molecule has 3 aliphatic rings. The predicted molar refractivity (Wildman–Crippen MR) is 119 cm³/mol. The Morgan fingerprint density at radius 1 is 1.24 bits per heavy atom. The van der Waals surface area contributed by atoms with E-state index in [9.17, 15) is 29.1 Å². The molecule has 4 rings (SSSR count). The van der Waals surface area contributed by atoms with E-state index in [1.54, 1.807) is 31.2 Å². The molecule has 1 fully saturated rings. The van der Waals surface area contributed by atoms with E-state index >= 15 is 0 Å². The van der Waals surface area contributed by atoms with Crippen LogP contribution in [0.3, 0.4) is 0 Å². The van der Waals surface area contributed by atoms with Crippen LogP contribution in [0.4, 0.5) is 0 Å². The zero-order valence-corrected chi connectivity index (χ0v) is 19.4. The van der Waals surface area contributed by atoms with Gasteiger partial charge in [-0.1, -0.05) is 36.5 Å². The maximum Gasteiger partial charge on any atom is 0.353 e. The summed E-state index contributed by atoms with van der Waals surface area (Å²) in [5, 5.41) is 12.7. The Morgan fingerprint density at radius 2 is 1.91 bits per heavy atom. The summed E-state index contributed by atoms with van der Waals surface area (Å²) >= 11 is 0.899. The van der Waals surface area contributed by atoms with Crippen molar-refractivity contribution in [3.63, 3.8) is 0 Å². The van der Waals surface area contributed by atoms with Crippen LogP contribution in [0.25, 0.3) is 0 Å². The number of nitrogens with zero attached hydrogens (tertiary/aromatic N) is 1. The fraction of sp³-hybridized carbons (Fsp3) is 0.348. The first-order chi connectivity index (χ1) is 16.0. The number of carboxylic acid groups (broad SMARTS) is 1. The van der Waals surface area contributed by atoms with E-state index in [4.69, 9.17) is 9.47 Å². The number of esters is 2. The summed E-state index contributed by atoms with van der Waals surface area (Å²) in [7, 11) is 0. The maximum atomic E-state index is 13.1. The average molecular weight is 487 g/mol. The van der Waals surface area contributed by atoms with Crippen molar-refractivity contribution in [2.75, 3.05) is 0 Å². The summed E-state index contributed by atoms with van der Waals surface area (Å²) in [6.45, 7) is 7.85. The highest BCUT2D eigenvalue weighted by Gasteiger charge is 2.65. The molecule has 1 aromatic carbocycles. The molecule has 1 saturated heterocycles. The van der Waals surface area contributed by atoms with Crippen molar-refractivity contribution in [3.8, 4) is 0 Å². The van der Waals surface area contributed by atoms with E-state index in [2.05, 4.69) is 11.9 Å². The molecule has 0 aliphatic carbocycles. The molecule has 1 aromatic rings. The van der Waals surface area contributed by atoms with E-state index in [0.29, 0.717) is 11.1 Å². The van der Waals surface area contributed by atoms with Crippen LogP contribution in [0, 0.1) is 11.8 Å². The number of carbonyl (C=O) groups excluding carboxylic acids is 4. The van der Waals surface area contributed by atoms with E-state index in [-0.39, 0.29) is 15.6 Å². The molecule has 0 bridgehead atoms. The fourth-order valence-electron chi connectivity index (χ4n) is 4.86. The topological polar surface area (TPSA) is 139 Å². The SMILES string of the molecule is C=C(NC(C)=O)SC1=C(C(=O)O)N2C(=O)C(C(C)OC(C)=O)C2C1C1OC(=O)c2ccccc21. The third-order valence-corrected chi connectivity index (χ3v) is 7.02. The lowest BCUT2D eigenvalue weighted by Gasteiger charge is -2.48. The number of β-lactam (4-membered cyclic amide) rings is 1. The Balaban J connectivity index is 1.82. The first-order valence-electron chi connectivity index (χ1n) is 10.4. The number of aliphatic carboxylic acids is 1. The number of ether oxygens (including phenoxy) is 2. The molecule has 0 spiro atoms. The Kier molecular flexibility index (Phi) is 5.98. The van der Waals surface area contributed by atoms with Crippen LogP contribution < -0.4 is 5.32 Å². The summed E-state index contributed by atoms with van der Waals surface area (Å²) in [6, 6.07) is 6.00. The highest BCUT2D eigenvalue weighted by molar-refractivity contribution is 8.06. The number of hydrogen-bond acceptors (Lipinski definition) is 8. The van der Waals surface area contributed by atoms with Crippen LogP contribution >= 0.6 is 11.8 Å². The van der Waals surface area contributed by atoms with Crippen molar-refractivity contribution < 1.29 is 38.6 Å². The fourth-order valence-corrected chi connectivity index (χ4v) is 6.00. The smallest absolute Gasteiger partial charge is 0.353 e. The Bertz CT molecular complexity index is 1180. The lowest BCUT2D eigenvalue weighted by Crippen LogP contribution is -2.64. The quantitative estimate of drug-likeness (QED) is 0.437. The molecule has 3 aliphatic heterocycles. The first-order valence-corrected chi connectivity index (χ1v) is 11.3. The van der Waals surface area contributed by atoms with Gasteiger partial charge in [-0.05, 0) is 13.0 Å². The molecule has 34 heavy (non-hydrogen) atoms.